The number of carbonyl (C=O) groups excluding carboxylic acids is 1. The molecule has 0 spiro atoms. The third-order valence-electron chi connectivity index (χ3n) is 4.60. The molecule has 0 unspecified atom stereocenters. The minimum atomic E-state index is -0.422. The molecule has 1 aliphatic carbocycles. The zero-order valence-corrected chi connectivity index (χ0v) is 12.7. The molecular weight excluding hydrogens is 297 g/mol. The van der Waals surface area contributed by atoms with Crippen LogP contribution in [0.4, 0.5) is 4.39 Å². The summed E-state index contributed by atoms with van der Waals surface area (Å²) in [7, 11) is 0. The molecule has 1 aromatic heterocycles. The van der Waals surface area contributed by atoms with Crippen LogP contribution in [0.3, 0.4) is 0 Å². The van der Waals surface area contributed by atoms with E-state index in [9.17, 15) is 14.3 Å². The number of β-amino-alcohol motifs (C(OH)–C–C–N with tert-alkyl or cyclic N) is 1. The summed E-state index contributed by atoms with van der Waals surface area (Å²) in [5, 5.41) is 13.9. The molecular formula is C17H18FN3O2. The van der Waals surface area contributed by atoms with Gasteiger partial charge in [0.25, 0.3) is 5.91 Å². The number of hydrogen-bond acceptors (Lipinski definition) is 3. The minimum Gasteiger partial charge on any atom is -0.389 e. The maximum absolute atomic E-state index is 13.2. The van der Waals surface area contributed by atoms with Crippen LogP contribution in [0.25, 0.3) is 5.69 Å². The van der Waals surface area contributed by atoms with E-state index in [1.165, 1.54) is 12.1 Å². The SMILES string of the molecule is O=C(c1nn(-c2ccc(F)cc2)c2c1CCCC2)N1CC(O)C1. The van der Waals surface area contributed by atoms with Crippen molar-refractivity contribution in [1.82, 2.24) is 14.7 Å². The number of hydrogen-bond donors (Lipinski definition) is 1. The fourth-order valence-electron chi connectivity index (χ4n) is 3.34. The van der Waals surface area contributed by atoms with Crippen molar-refractivity contribution in [3.05, 3.63) is 47.0 Å². The van der Waals surface area contributed by atoms with E-state index < -0.39 is 6.10 Å². The average Bonchev–Trinajstić information content (AvgIpc) is 2.92. The smallest absolute Gasteiger partial charge is 0.274 e. The van der Waals surface area contributed by atoms with E-state index in [1.807, 2.05) is 0 Å². The van der Waals surface area contributed by atoms with E-state index in [0.29, 0.717) is 18.8 Å². The van der Waals surface area contributed by atoms with Gasteiger partial charge in [-0.2, -0.15) is 5.10 Å². The van der Waals surface area contributed by atoms with Gasteiger partial charge in [-0.1, -0.05) is 0 Å². The molecule has 0 atom stereocenters. The van der Waals surface area contributed by atoms with Crippen LogP contribution in [0.2, 0.25) is 0 Å². The van der Waals surface area contributed by atoms with Crippen LogP contribution in [0, 0.1) is 5.82 Å². The summed E-state index contributed by atoms with van der Waals surface area (Å²) in [5.74, 6) is -0.407. The quantitative estimate of drug-likeness (QED) is 0.918. The van der Waals surface area contributed by atoms with Crippen LogP contribution >= 0.6 is 0 Å². The van der Waals surface area contributed by atoms with Gasteiger partial charge in [0.05, 0.1) is 11.8 Å². The zero-order chi connectivity index (χ0) is 16.0. The molecule has 1 fully saturated rings. The second kappa shape index (κ2) is 5.45. The fourth-order valence-corrected chi connectivity index (χ4v) is 3.34. The van der Waals surface area contributed by atoms with Crippen molar-refractivity contribution in [1.29, 1.82) is 0 Å². The molecule has 0 saturated carbocycles. The van der Waals surface area contributed by atoms with Crippen LogP contribution in [0.1, 0.15) is 34.6 Å². The highest BCUT2D eigenvalue weighted by molar-refractivity contribution is 5.94. The lowest BCUT2D eigenvalue weighted by Gasteiger charge is -2.35. The first kappa shape index (κ1) is 14.4. The van der Waals surface area contributed by atoms with Gasteiger partial charge in [0.1, 0.15) is 5.82 Å². The van der Waals surface area contributed by atoms with Gasteiger partial charge in [-0.05, 0) is 49.9 Å². The fraction of sp³-hybridized carbons (Fsp3) is 0.412. The molecule has 1 saturated heterocycles. The largest absolute Gasteiger partial charge is 0.389 e. The monoisotopic (exact) mass is 315 g/mol. The number of amides is 1. The lowest BCUT2D eigenvalue weighted by Crippen LogP contribution is -2.53. The van der Waals surface area contributed by atoms with Crippen molar-refractivity contribution < 1.29 is 14.3 Å². The topological polar surface area (TPSA) is 58.4 Å². The summed E-state index contributed by atoms with van der Waals surface area (Å²) in [4.78, 5) is 14.2. The molecule has 5 nitrogen and oxygen atoms in total. The molecule has 0 radical (unpaired) electrons. The Morgan fingerprint density at radius 3 is 2.57 bits per heavy atom. The van der Waals surface area contributed by atoms with Gasteiger partial charge in [0.2, 0.25) is 0 Å². The zero-order valence-electron chi connectivity index (χ0n) is 12.7. The minimum absolute atomic E-state index is 0.116. The second-order valence-corrected chi connectivity index (χ2v) is 6.23. The molecule has 23 heavy (non-hydrogen) atoms. The summed E-state index contributed by atoms with van der Waals surface area (Å²) in [6.07, 6.45) is 3.40. The highest BCUT2D eigenvalue weighted by Crippen LogP contribution is 2.28. The number of aromatic nitrogens is 2. The van der Waals surface area contributed by atoms with E-state index in [0.717, 1.165) is 42.6 Å². The first-order valence-electron chi connectivity index (χ1n) is 7.97. The van der Waals surface area contributed by atoms with Crippen molar-refractivity contribution in [3.63, 3.8) is 0 Å². The molecule has 120 valence electrons. The molecule has 4 rings (SSSR count). The third-order valence-corrected chi connectivity index (χ3v) is 4.60. The summed E-state index contributed by atoms with van der Waals surface area (Å²) in [5.41, 5.74) is 3.31. The number of likely N-dealkylation sites (tertiary alicyclic amines) is 1. The second-order valence-electron chi connectivity index (χ2n) is 6.23. The number of rotatable bonds is 2. The molecule has 1 aromatic carbocycles. The van der Waals surface area contributed by atoms with Gasteiger partial charge in [0.15, 0.2) is 5.69 Å². The predicted molar refractivity (Wildman–Crippen MR) is 82.1 cm³/mol. The van der Waals surface area contributed by atoms with Gasteiger partial charge >= 0.3 is 0 Å². The lowest BCUT2D eigenvalue weighted by molar-refractivity contribution is 0.00539. The maximum Gasteiger partial charge on any atom is 0.274 e. The number of nitrogens with zero attached hydrogens (tertiary/aromatic N) is 3. The van der Waals surface area contributed by atoms with Crippen molar-refractivity contribution in [2.75, 3.05) is 13.1 Å². The Balaban J connectivity index is 1.75. The van der Waals surface area contributed by atoms with Crippen LogP contribution in [-0.2, 0) is 12.8 Å². The summed E-state index contributed by atoms with van der Waals surface area (Å²) < 4.78 is 14.9. The van der Waals surface area contributed by atoms with Gasteiger partial charge < -0.3 is 10.0 Å². The number of fused-ring (bicyclic) bond motifs is 1. The average molecular weight is 315 g/mol. The van der Waals surface area contributed by atoms with Crippen LogP contribution in [-0.4, -0.2) is 44.9 Å². The molecule has 1 N–H and O–H groups in total. The van der Waals surface area contributed by atoms with Crippen LogP contribution < -0.4 is 0 Å². The normalized spacial score (nSPS) is 17.7. The molecule has 2 aliphatic rings. The predicted octanol–water partition coefficient (Wildman–Crippen LogP) is 1.71. The Labute approximate surface area is 133 Å². The third kappa shape index (κ3) is 2.43. The standard InChI is InChI=1S/C17H18FN3O2/c18-11-5-7-12(8-6-11)21-15-4-2-1-3-14(15)16(19-21)17(23)20-9-13(22)10-20/h5-8,13,22H,1-4,9-10H2. The Hall–Kier alpha value is -2.21. The first-order valence-corrected chi connectivity index (χ1v) is 7.97. The van der Waals surface area contributed by atoms with Crippen molar-refractivity contribution in [2.24, 2.45) is 0 Å². The maximum atomic E-state index is 13.2. The molecule has 2 aromatic rings. The lowest BCUT2D eigenvalue weighted by atomic mass is 9.95. The van der Waals surface area contributed by atoms with Crippen molar-refractivity contribution in [2.45, 2.75) is 31.8 Å². The van der Waals surface area contributed by atoms with Crippen LogP contribution in [0.15, 0.2) is 24.3 Å². The number of halogens is 1. The Bertz CT molecular complexity index is 748. The van der Waals surface area contributed by atoms with Crippen molar-refractivity contribution in [3.8, 4) is 5.69 Å². The number of benzene rings is 1. The Kier molecular flexibility index (Phi) is 3.41. The van der Waals surface area contributed by atoms with Gasteiger partial charge in [0, 0.05) is 24.3 Å². The van der Waals surface area contributed by atoms with Gasteiger partial charge in [-0.3, -0.25) is 4.79 Å². The van der Waals surface area contributed by atoms with Crippen molar-refractivity contribution >= 4 is 5.91 Å². The number of aliphatic hydroxyl groups excluding tert-OH is 1. The van der Waals surface area contributed by atoms with Gasteiger partial charge in [-0.25, -0.2) is 9.07 Å². The molecule has 6 heteroatoms. The number of aliphatic hydroxyl groups is 1. The highest BCUT2D eigenvalue weighted by atomic mass is 19.1. The molecule has 1 aliphatic heterocycles. The molecule has 0 bridgehead atoms. The Morgan fingerprint density at radius 1 is 1.17 bits per heavy atom. The van der Waals surface area contributed by atoms with E-state index in [1.54, 1.807) is 21.7 Å². The summed E-state index contributed by atoms with van der Waals surface area (Å²) >= 11 is 0. The molecule has 1 amide bonds. The van der Waals surface area contributed by atoms with Gasteiger partial charge in [-0.15, -0.1) is 0 Å². The van der Waals surface area contributed by atoms with E-state index in [2.05, 4.69) is 5.10 Å². The summed E-state index contributed by atoms with van der Waals surface area (Å²) in [6, 6.07) is 6.16. The summed E-state index contributed by atoms with van der Waals surface area (Å²) in [6.45, 7) is 0.744. The Morgan fingerprint density at radius 2 is 1.87 bits per heavy atom. The highest BCUT2D eigenvalue weighted by Gasteiger charge is 2.34. The van der Waals surface area contributed by atoms with E-state index in [-0.39, 0.29) is 11.7 Å². The molecule has 2 heterocycles. The first-order chi connectivity index (χ1) is 11.1. The van der Waals surface area contributed by atoms with Crippen LogP contribution in [0.5, 0.6) is 0 Å². The van der Waals surface area contributed by atoms with E-state index >= 15 is 0 Å². The van der Waals surface area contributed by atoms with E-state index in [4.69, 9.17) is 0 Å². The number of carbonyl (C=O) groups is 1.